The Bertz CT molecular complexity index is 1050. The van der Waals surface area contributed by atoms with Gasteiger partial charge in [-0.1, -0.05) is 6.92 Å². The summed E-state index contributed by atoms with van der Waals surface area (Å²) in [6, 6.07) is -0.351. The second kappa shape index (κ2) is 7.12. The minimum atomic E-state index is -4.46. The first-order chi connectivity index (χ1) is 15.3. The van der Waals surface area contributed by atoms with Crippen molar-refractivity contribution in [2.24, 2.45) is 5.92 Å². The summed E-state index contributed by atoms with van der Waals surface area (Å²) in [6.45, 7) is 0.657. The van der Waals surface area contributed by atoms with Gasteiger partial charge >= 0.3 is 29.5 Å². The van der Waals surface area contributed by atoms with Crippen LogP contribution >= 0.6 is 0 Å². The number of nitrogens with one attached hydrogen (secondary N) is 3. The summed E-state index contributed by atoms with van der Waals surface area (Å²) >= 11 is 0. The zero-order valence-corrected chi connectivity index (χ0v) is 17.4. The molecule has 0 saturated carbocycles. The van der Waals surface area contributed by atoms with Gasteiger partial charge in [-0.05, 0) is 0 Å². The number of urea groups is 1. The number of aliphatic hydroxyl groups is 10. The largest absolute Gasteiger partial charge is 0.506 e. The van der Waals surface area contributed by atoms with Crippen molar-refractivity contribution < 1.29 is 60.7 Å². The van der Waals surface area contributed by atoms with Crippen LogP contribution in [0, 0.1) is 17.2 Å². The van der Waals surface area contributed by atoms with Crippen LogP contribution in [0.15, 0.2) is 23.4 Å². The molecule has 1 saturated heterocycles. The van der Waals surface area contributed by atoms with Gasteiger partial charge in [-0.2, -0.15) is 5.26 Å². The lowest BCUT2D eigenvalue weighted by atomic mass is 9.77. The number of hydrogen-bond donors (Lipinski definition) is 13. The Kier molecular flexibility index (Phi) is 5.32. The summed E-state index contributed by atoms with van der Waals surface area (Å²) in [4.78, 5) is 23.8. The molecule has 3 rings (SSSR count). The van der Waals surface area contributed by atoms with Gasteiger partial charge in [-0.3, -0.25) is 10.1 Å². The second-order valence-electron chi connectivity index (χ2n) is 7.92. The van der Waals surface area contributed by atoms with Crippen LogP contribution in [0.2, 0.25) is 0 Å². The zero-order chi connectivity index (χ0) is 26.2. The Hall–Kier alpha value is -3.25. The molecule has 0 radical (unpaired) electrons. The summed E-state index contributed by atoms with van der Waals surface area (Å²) in [5, 5.41) is 120. The van der Waals surface area contributed by atoms with Gasteiger partial charge in [0.25, 0.3) is 0 Å². The fourth-order valence-electron chi connectivity index (χ4n) is 4.03. The van der Waals surface area contributed by atoms with E-state index in [1.165, 1.54) is 0 Å². The maximum Gasteiger partial charge on any atom is 0.336 e. The molecule has 1 fully saturated rings. The van der Waals surface area contributed by atoms with E-state index in [0.717, 1.165) is 13.2 Å². The molecular formula is C16H22N6O12. The summed E-state index contributed by atoms with van der Waals surface area (Å²) in [5.41, 5.74) is -3.87. The van der Waals surface area contributed by atoms with Crippen molar-refractivity contribution in [2.45, 2.75) is 42.2 Å². The maximum absolute atomic E-state index is 12.5. The number of likely N-dealkylation sites (N-methyl/N-ethyl adjacent to an activating group) is 1. The smallest absolute Gasteiger partial charge is 0.336 e. The Morgan fingerprint density at radius 2 is 1.74 bits per heavy atom. The predicted octanol–water partition coefficient (Wildman–Crippen LogP) is -6.90. The second-order valence-corrected chi connectivity index (χ2v) is 7.92. The van der Waals surface area contributed by atoms with Gasteiger partial charge in [0, 0.05) is 13.2 Å². The minimum absolute atomic E-state index is 0.224. The van der Waals surface area contributed by atoms with E-state index in [9.17, 15) is 60.7 Å². The van der Waals surface area contributed by atoms with Gasteiger partial charge in [0.15, 0.2) is 0 Å². The van der Waals surface area contributed by atoms with E-state index in [1.54, 1.807) is 0 Å². The highest BCUT2D eigenvalue weighted by molar-refractivity contribution is 5.87. The first-order valence-corrected chi connectivity index (χ1v) is 9.28. The number of carbonyl (C=O) groups excluding carboxylic acids is 2. The van der Waals surface area contributed by atoms with Gasteiger partial charge in [-0.25, -0.2) is 9.69 Å². The molecule has 3 unspecified atom stereocenters. The van der Waals surface area contributed by atoms with Crippen molar-refractivity contribution in [1.29, 1.82) is 5.26 Å². The van der Waals surface area contributed by atoms with Crippen molar-refractivity contribution in [3.63, 3.8) is 0 Å². The first-order valence-electron chi connectivity index (χ1n) is 9.28. The molecule has 3 aliphatic heterocycles. The zero-order valence-electron chi connectivity index (χ0n) is 17.4. The number of rotatable bonds is 3. The van der Waals surface area contributed by atoms with Crippen LogP contribution in [-0.4, -0.2) is 115 Å². The molecule has 3 atom stereocenters. The third-order valence-corrected chi connectivity index (χ3v) is 6.04. The van der Waals surface area contributed by atoms with E-state index in [2.05, 4.69) is 16.0 Å². The summed E-state index contributed by atoms with van der Waals surface area (Å²) < 4.78 is 0. The van der Waals surface area contributed by atoms with Crippen LogP contribution in [0.4, 0.5) is 4.79 Å². The predicted molar refractivity (Wildman–Crippen MR) is 99.3 cm³/mol. The number of amides is 3. The quantitative estimate of drug-likeness (QED) is 0.129. The molecule has 3 amide bonds. The summed E-state index contributed by atoms with van der Waals surface area (Å²) in [6.07, 6.45) is -0.105. The van der Waals surface area contributed by atoms with E-state index in [4.69, 9.17) is 5.26 Å². The van der Waals surface area contributed by atoms with E-state index >= 15 is 0 Å². The molecule has 3 aliphatic rings. The monoisotopic (exact) mass is 490 g/mol. The van der Waals surface area contributed by atoms with Crippen molar-refractivity contribution in [1.82, 2.24) is 25.8 Å². The molecule has 0 bridgehead atoms. The molecule has 0 aromatic heterocycles. The molecule has 13 N–H and O–H groups in total. The SMILES string of the molecule is CC1C(O)(O)C(O)(O)N(C(=O)C(O)(O)C#N)C(O)(O)C1(O)N(C)C1=C2C(O)=CNC2NC(=O)N1. The lowest BCUT2D eigenvalue weighted by Crippen LogP contribution is -2.90. The third-order valence-electron chi connectivity index (χ3n) is 6.04. The highest BCUT2D eigenvalue weighted by Gasteiger charge is 2.80. The van der Waals surface area contributed by atoms with Crippen LogP contribution in [0.5, 0.6) is 0 Å². The fraction of sp³-hybridized carbons (Fsp3) is 0.562. The number of nitriles is 1. The van der Waals surface area contributed by atoms with E-state index in [1.807, 2.05) is 0 Å². The molecule has 18 heteroatoms. The maximum atomic E-state index is 12.5. The Morgan fingerprint density at radius 3 is 2.26 bits per heavy atom. The van der Waals surface area contributed by atoms with Crippen molar-refractivity contribution in [3.05, 3.63) is 23.4 Å². The van der Waals surface area contributed by atoms with Crippen LogP contribution in [0.1, 0.15) is 6.92 Å². The molecule has 18 nitrogen and oxygen atoms in total. The number of likely N-dealkylation sites (tertiary alicyclic amines) is 1. The highest BCUT2D eigenvalue weighted by atomic mass is 16.7. The van der Waals surface area contributed by atoms with Gasteiger partial charge in [0.2, 0.25) is 11.5 Å². The lowest BCUT2D eigenvalue weighted by molar-refractivity contribution is -0.543. The topological polar surface area (TPSA) is 303 Å². The molecule has 0 aromatic carbocycles. The number of nitrogens with zero attached hydrogens (tertiary/aromatic N) is 3. The van der Waals surface area contributed by atoms with Gasteiger partial charge in [-0.15, -0.1) is 0 Å². The molecular weight excluding hydrogens is 468 g/mol. The summed E-state index contributed by atoms with van der Waals surface area (Å²) in [7, 11) is 0.810. The minimum Gasteiger partial charge on any atom is -0.506 e. The summed E-state index contributed by atoms with van der Waals surface area (Å²) in [5.74, 6) is -23.3. The molecule has 3 heterocycles. The van der Waals surface area contributed by atoms with E-state index < -0.39 is 69.6 Å². The molecule has 0 aliphatic carbocycles. The number of hydrogen-bond acceptors (Lipinski definition) is 15. The van der Waals surface area contributed by atoms with E-state index in [0.29, 0.717) is 17.9 Å². The number of piperidine rings is 1. The van der Waals surface area contributed by atoms with Crippen LogP contribution in [0.3, 0.4) is 0 Å². The van der Waals surface area contributed by atoms with Gasteiger partial charge < -0.3 is 66.6 Å². The standard InChI is InChI=1S/C16H22N6O12/c1-5-13(28,21(2)9-7-6(23)3-18-8(7)19-11(25)20-9)15(31,32)22(10(24)12(26,27)4-17)16(33,34)14(5,29)30/h3,5,8,18,23,26-34H,1-2H3,(H2,19,20,25). The average molecular weight is 490 g/mol. The Balaban J connectivity index is 2.28. The van der Waals surface area contributed by atoms with Crippen molar-refractivity contribution in [3.8, 4) is 6.07 Å². The molecule has 188 valence electrons. The van der Waals surface area contributed by atoms with Crippen molar-refractivity contribution in [2.75, 3.05) is 7.05 Å². The Morgan fingerprint density at radius 1 is 1.18 bits per heavy atom. The fourth-order valence-corrected chi connectivity index (χ4v) is 4.03. The normalized spacial score (nSPS) is 31.4. The van der Waals surface area contributed by atoms with Gasteiger partial charge in [0.1, 0.15) is 23.8 Å². The van der Waals surface area contributed by atoms with Crippen LogP contribution < -0.4 is 16.0 Å². The lowest BCUT2D eigenvalue weighted by Gasteiger charge is -2.63. The number of aliphatic hydroxyl groups excluding tert-OH is 1. The average Bonchev–Trinajstić information content (AvgIpc) is 3.10. The van der Waals surface area contributed by atoms with Crippen LogP contribution in [-0.2, 0) is 4.79 Å². The molecule has 34 heavy (non-hydrogen) atoms. The third kappa shape index (κ3) is 2.94. The number of carbonyl (C=O) groups is 2. The van der Waals surface area contributed by atoms with Crippen molar-refractivity contribution >= 4 is 11.9 Å². The number of fused-ring (bicyclic) bond motifs is 1. The first kappa shape index (κ1) is 25.4. The Labute approximate surface area is 189 Å². The van der Waals surface area contributed by atoms with Crippen LogP contribution in [0.25, 0.3) is 0 Å². The van der Waals surface area contributed by atoms with Gasteiger partial charge in [0.05, 0.1) is 11.5 Å². The highest BCUT2D eigenvalue weighted by Crippen LogP contribution is 2.51. The molecule has 0 aromatic rings. The van der Waals surface area contributed by atoms with E-state index in [-0.39, 0.29) is 5.57 Å². The molecule has 0 spiro atoms.